The van der Waals surface area contributed by atoms with Crippen LogP contribution in [0.4, 0.5) is 0 Å². The summed E-state index contributed by atoms with van der Waals surface area (Å²) >= 11 is 0. The minimum Gasteiger partial charge on any atom is -0.431 e. The molecule has 0 bridgehead atoms. The van der Waals surface area contributed by atoms with Crippen LogP contribution >= 0.6 is 0 Å². The van der Waals surface area contributed by atoms with Gasteiger partial charge in [0.25, 0.3) is 0 Å². The average molecular weight is 202 g/mol. The van der Waals surface area contributed by atoms with E-state index in [9.17, 15) is 0 Å². The van der Waals surface area contributed by atoms with E-state index < -0.39 is 0 Å². The van der Waals surface area contributed by atoms with E-state index in [1.165, 1.54) is 12.5 Å². The molecule has 6 nitrogen and oxygen atoms in total. The first-order chi connectivity index (χ1) is 5.95. The molecule has 0 aliphatic heterocycles. The molecule has 2 heterocycles. The van der Waals surface area contributed by atoms with E-state index >= 15 is 0 Å². The number of hydrogen-bond donors (Lipinski definition) is 0. The smallest absolute Gasteiger partial charge is 0.335 e. The van der Waals surface area contributed by atoms with Crippen molar-refractivity contribution < 1.29 is 29.6 Å². The fourth-order valence-corrected chi connectivity index (χ4v) is 0.704. The summed E-state index contributed by atoms with van der Waals surface area (Å²) in [6, 6.07) is 6.65. The van der Waals surface area contributed by atoms with Gasteiger partial charge in [0.05, 0.1) is 12.5 Å². The van der Waals surface area contributed by atoms with Crippen molar-refractivity contribution in [1.29, 1.82) is 0 Å². The van der Waals surface area contributed by atoms with Crippen LogP contribution in [0.2, 0.25) is 0 Å². The highest BCUT2D eigenvalue weighted by Gasteiger charge is 2.00. The predicted molar refractivity (Wildman–Crippen MR) is 45.9 cm³/mol. The molecule has 0 atom stereocenters. The third kappa shape index (κ3) is 2.85. The highest BCUT2D eigenvalue weighted by atomic mass is 17.2. The maximum atomic E-state index is 4.84. The van der Waals surface area contributed by atoms with Crippen molar-refractivity contribution in [2.75, 3.05) is 0 Å². The van der Waals surface area contributed by atoms with E-state index in [0.29, 0.717) is 0 Å². The van der Waals surface area contributed by atoms with Crippen LogP contribution in [-0.4, -0.2) is 11.0 Å². The van der Waals surface area contributed by atoms with Gasteiger partial charge in [-0.3, -0.25) is 0 Å². The summed E-state index contributed by atoms with van der Waals surface area (Å²) in [5.41, 5.74) is 0. The lowest BCUT2D eigenvalue weighted by atomic mass is 10.7. The second-order valence-corrected chi connectivity index (χ2v) is 2.03. The SMILES string of the molecule is O.O.c1coc(OOc2ccco2)c1. The molecule has 2 aromatic heterocycles. The lowest BCUT2D eigenvalue weighted by molar-refractivity contribution is -0.135. The number of rotatable bonds is 3. The standard InChI is InChI=1S/C8H6O4.2H2O/c1-3-7(9-5-1)11-12-8-4-2-6-10-8;;/h1-6H;2*1H2. The first kappa shape index (κ1) is 12.1. The molecular weight excluding hydrogens is 192 g/mol. The first-order valence-corrected chi connectivity index (χ1v) is 3.37. The molecule has 0 saturated carbocycles. The van der Waals surface area contributed by atoms with E-state index in [1.807, 2.05) is 0 Å². The Balaban J connectivity index is 0.000000845. The molecule has 78 valence electrons. The van der Waals surface area contributed by atoms with Crippen molar-refractivity contribution in [1.82, 2.24) is 0 Å². The molecule has 0 spiro atoms. The minimum absolute atomic E-state index is 0. The zero-order valence-corrected chi connectivity index (χ0v) is 7.10. The van der Waals surface area contributed by atoms with Crippen LogP contribution in [0.25, 0.3) is 0 Å². The topological polar surface area (TPSA) is 108 Å². The van der Waals surface area contributed by atoms with Crippen molar-refractivity contribution in [3.63, 3.8) is 0 Å². The van der Waals surface area contributed by atoms with Gasteiger partial charge in [-0.25, -0.2) is 9.78 Å². The lowest BCUT2D eigenvalue weighted by Gasteiger charge is -1.96. The van der Waals surface area contributed by atoms with E-state index in [0.717, 1.165) is 0 Å². The predicted octanol–water partition coefficient (Wildman–Crippen LogP) is 0.596. The molecular formula is C8H10O6. The fourth-order valence-electron chi connectivity index (χ4n) is 0.704. The largest absolute Gasteiger partial charge is 0.431 e. The molecule has 0 amide bonds. The molecule has 0 fully saturated rings. The van der Waals surface area contributed by atoms with Gasteiger partial charge in [-0.2, -0.15) is 0 Å². The summed E-state index contributed by atoms with van der Waals surface area (Å²) in [7, 11) is 0. The minimum atomic E-state index is 0. The molecule has 6 heteroatoms. The van der Waals surface area contributed by atoms with Crippen molar-refractivity contribution in [3.8, 4) is 11.9 Å². The number of hydrogen-bond acceptors (Lipinski definition) is 4. The molecule has 0 aliphatic carbocycles. The Bertz CT molecular complexity index is 277. The normalized spacial score (nSPS) is 8.29. The highest BCUT2D eigenvalue weighted by Crippen LogP contribution is 2.14. The van der Waals surface area contributed by atoms with Gasteiger partial charge in [0.2, 0.25) is 0 Å². The van der Waals surface area contributed by atoms with Gasteiger partial charge in [0.1, 0.15) is 0 Å². The quantitative estimate of drug-likeness (QED) is 0.536. The van der Waals surface area contributed by atoms with Crippen molar-refractivity contribution in [3.05, 3.63) is 36.8 Å². The summed E-state index contributed by atoms with van der Waals surface area (Å²) in [5.74, 6) is 0.567. The first-order valence-electron chi connectivity index (χ1n) is 3.37. The Morgan fingerprint density at radius 3 is 1.50 bits per heavy atom. The van der Waals surface area contributed by atoms with Crippen LogP contribution < -0.4 is 9.78 Å². The van der Waals surface area contributed by atoms with Crippen LogP contribution in [0.15, 0.2) is 45.6 Å². The van der Waals surface area contributed by atoms with E-state index in [4.69, 9.17) is 18.6 Å². The van der Waals surface area contributed by atoms with Gasteiger partial charge in [-0.05, 0) is 12.1 Å². The summed E-state index contributed by atoms with van der Waals surface area (Å²) in [4.78, 5) is 9.46. The maximum Gasteiger partial charge on any atom is 0.335 e. The van der Waals surface area contributed by atoms with Crippen molar-refractivity contribution in [2.45, 2.75) is 0 Å². The molecule has 0 radical (unpaired) electrons. The van der Waals surface area contributed by atoms with E-state index in [1.54, 1.807) is 24.3 Å². The van der Waals surface area contributed by atoms with Crippen LogP contribution in [0.5, 0.6) is 11.9 Å². The molecule has 2 rings (SSSR count). The summed E-state index contributed by atoms with van der Waals surface area (Å²) in [6.45, 7) is 0. The van der Waals surface area contributed by atoms with Gasteiger partial charge in [0.15, 0.2) is 0 Å². The molecule has 14 heavy (non-hydrogen) atoms. The van der Waals surface area contributed by atoms with E-state index in [-0.39, 0.29) is 22.8 Å². The number of furan rings is 2. The second kappa shape index (κ2) is 5.68. The monoisotopic (exact) mass is 202 g/mol. The Kier molecular flexibility index (Phi) is 4.90. The van der Waals surface area contributed by atoms with Gasteiger partial charge < -0.3 is 19.8 Å². The maximum absolute atomic E-state index is 4.84. The molecule has 0 aromatic carbocycles. The van der Waals surface area contributed by atoms with Crippen LogP contribution in [-0.2, 0) is 0 Å². The van der Waals surface area contributed by atoms with Gasteiger partial charge in [-0.15, -0.1) is 0 Å². The van der Waals surface area contributed by atoms with Gasteiger partial charge >= 0.3 is 11.9 Å². The van der Waals surface area contributed by atoms with Crippen LogP contribution in [0.3, 0.4) is 0 Å². The van der Waals surface area contributed by atoms with Gasteiger partial charge in [0, 0.05) is 12.1 Å². The molecule has 2 aromatic rings. The second-order valence-electron chi connectivity index (χ2n) is 2.03. The highest BCUT2D eigenvalue weighted by molar-refractivity contribution is 5.06. The third-order valence-electron chi connectivity index (χ3n) is 1.20. The van der Waals surface area contributed by atoms with Crippen LogP contribution in [0, 0.1) is 0 Å². The average Bonchev–Trinajstić information content (AvgIpc) is 2.74. The van der Waals surface area contributed by atoms with Crippen molar-refractivity contribution >= 4 is 0 Å². The zero-order valence-electron chi connectivity index (χ0n) is 7.10. The Morgan fingerprint density at radius 1 is 0.786 bits per heavy atom. The fraction of sp³-hybridized carbons (Fsp3) is 0. The molecule has 0 unspecified atom stereocenters. The lowest BCUT2D eigenvalue weighted by Crippen LogP contribution is -1.97. The Morgan fingerprint density at radius 2 is 1.21 bits per heavy atom. The summed E-state index contributed by atoms with van der Waals surface area (Å²) in [6.07, 6.45) is 2.97. The zero-order chi connectivity index (χ0) is 8.23. The third-order valence-corrected chi connectivity index (χ3v) is 1.20. The summed E-state index contributed by atoms with van der Waals surface area (Å²) < 4.78 is 9.69. The molecule has 0 aliphatic rings. The molecule has 4 N–H and O–H groups in total. The molecule has 0 saturated heterocycles. The van der Waals surface area contributed by atoms with E-state index in [2.05, 4.69) is 0 Å². The summed E-state index contributed by atoms with van der Waals surface area (Å²) in [5, 5.41) is 0. The van der Waals surface area contributed by atoms with Crippen LogP contribution in [0.1, 0.15) is 0 Å². The Labute approximate surface area is 79.2 Å². The van der Waals surface area contributed by atoms with Gasteiger partial charge in [-0.1, -0.05) is 0 Å². The Hall–Kier alpha value is -1.92. The van der Waals surface area contributed by atoms with Crippen molar-refractivity contribution in [2.24, 2.45) is 0 Å².